The van der Waals surface area contributed by atoms with Crippen LogP contribution < -0.4 is 4.74 Å². The Kier molecular flexibility index (Phi) is 3.94. The molecule has 0 radical (unpaired) electrons. The van der Waals surface area contributed by atoms with Gasteiger partial charge in [-0.2, -0.15) is 4.39 Å². The van der Waals surface area contributed by atoms with Crippen LogP contribution in [0.25, 0.3) is 0 Å². The fraction of sp³-hybridized carbons (Fsp3) is 0.538. The van der Waals surface area contributed by atoms with Gasteiger partial charge in [-0.1, -0.05) is 18.9 Å². The highest BCUT2D eigenvalue weighted by molar-refractivity contribution is 5.25. The molecule has 2 nitrogen and oxygen atoms in total. The smallest absolute Gasteiger partial charge is 0.200 e. The third-order valence-electron chi connectivity index (χ3n) is 3.11. The van der Waals surface area contributed by atoms with Crippen LogP contribution in [0.3, 0.4) is 0 Å². The third kappa shape index (κ3) is 2.94. The summed E-state index contributed by atoms with van der Waals surface area (Å²) in [4.78, 5) is 0. The van der Waals surface area contributed by atoms with Crippen molar-refractivity contribution in [1.29, 1.82) is 0 Å². The highest BCUT2D eigenvalue weighted by Gasteiger charge is 2.24. The molecule has 0 aromatic heterocycles. The zero-order valence-electron chi connectivity index (χ0n) is 9.53. The fourth-order valence-electron chi connectivity index (χ4n) is 2.13. The minimum Gasteiger partial charge on any atom is -0.485 e. The molecular formula is C13H16F2O2. The van der Waals surface area contributed by atoms with E-state index < -0.39 is 23.8 Å². The van der Waals surface area contributed by atoms with Gasteiger partial charge in [0.2, 0.25) is 5.82 Å². The first-order valence-corrected chi connectivity index (χ1v) is 5.97. The third-order valence-corrected chi connectivity index (χ3v) is 3.11. The van der Waals surface area contributed by atoms with Crippen LogP contribution in [0.4, 0.5) is 8.78 Å². The molecule has 94 valence electrons. The normalized spacial score (nSPS) is 25.4. The largest absolute Gasteiger partial charge is 0.485 e. The molecule has 1 N–H and O–H groups in total. The molecule has 1 fully saturated rings. The second-order valence-electron chi connectivity index (χ2n) is 4.41. The summed E-state index contributed by atoms with van der Waals surface area (Å²) in [6.07, 6.45) is 3.24. The maximum absolute atomic E-state index is 13.4. The second kappa shape index (κ2) is 5.45. The Labute approximate surface area is 99.2 Å². The molecule has 1 aliphatic carbocycles. The van der Waals surface area contributed by atoms with Crippen molar-refractivity contribution >= 4 is 0 Å². The number of aliphatic hydroxyl groups is 1. The summed E-state index contributed by atoms with van der Waals surface area (Å²) in [5.74, 6) is -2.02. The van der Waals surface area contributed by atoms with E-state index >= 15 is 0 Å². The van der Waals surface area contributed by atoms with E-state index in [1.807, 2.05) is 0 Å². The van der Waals surface area contributed by atoms with Crippen LogP contribution in [0.2, 0.25) is 0 Å². The first-order valence-electron chi connectivity index (χ1n) is 5.97. The van der Waals surface area contributed by atoms with Crippen LogP contribution >= 0.6 is 0 Å². The van der Waals surface area contributed by atoms with Crippen LogP contribution in [0, 0.1) is 11.6 Å². The number of rotatable bonds is 2. The van der Waals surface area contributed by atoms with Crippen LogP contribution in [0.5, 0.6) is 5.75 Å². The van der Waals surface area contributed by atoms with Crippen molar-refractivity contribution in [3.63, 3.8) is 0 Å². The molecule has 1 aromatic rings. The zero-order chi connectivity index (χ0) is 12.3. The lowest BCUT2D eigenvalue weighted by molar-refractivity contribution is 0.0294. The average molecular weight is 242 g/mol. The Morgan fingerprint density at radius 1 is 1.12 bits per heavy atom. The molecule has 0 aliphatic heterocycles. The predicted molar refractivity (Wildman–Crippen MR) is 59.9 cm³/mol. The van der Waals surface area contributed by atoms with Crippen LogP contribution in [-0.4, -0.2) is 17.3 Å². The average Bonchev–Trinajstić information content (AvgIpc) is 2.51. The van der Waals surface area contributed by atoms with Crippen LogP contribution in [0.15, 0.2) is 18.2 Å². The van der Waals surface area contributed by atoms with Crippen molar-refractivity contribution in [3.05, 3.63) is 29.8 Å². The number of benzene rings is 1. The van der Waals surface area contributed by atoms with Gasteiger partial charge in [0, 0.05) is 0 Å². The lowest BCUT2D eigenvalue weighted by atomic mass is 10.1. The Balaban J connectivity index is 2.10. The highest BCUT2D eigenvalue weighted by atomic mass is 19.2. The van der Waals surface area contributed by atoms with E-state index in [9.17, 15) is 13.9 Å². The van der Waals surface area contributed by atoms with Crippen molar-refractivity contribution in [2.24, 2.45) is 0 Å². The van der Waals surface area contributed by atoms with E-state index in [1.165, 1.54) is 12.1 Å². The van der Waals surface area contributed by atoms with E-state index in [1.54, 1.807) is 0 Å². The number of halogens is 2. The lowest BCUT2D eigenvalue weighted by Gasteiger charge is -2.22. The minimum absolute atomic E-state index is 0.115. The molecule has 17 heavy (non-hydrogen) atoms. The molecule has 1 aliphatic rings. The Morgan fingerprint density at radius 3 is 2.71 bits per heavy atom. The van der Waals surface area contributed by atoms with Gasteiger partial charge in [0.05, 0.1) is 6.10 Å². The molecule has 0 heterocycles. The van der Waals surface area contributed by atoms with Gasteiger partial charge >= 0.3 is 0 Å². The first kappa shape index (κ1) is 12.3. The van der Waals surface area contributed by atoms with Gasteiger partial charge in [-0.3, -0.25) is 0 Å². The lowest BCUT2D eigenvalue weighted by Crippen LogP contribution is -2.30. The van der Waals surface area contributed by atoms with Gasteiger partial charge < -0.3 is 9.84 Å². The van der Waals surface area contributed by atoms with Crippen LogP contribution in [0.1, 0.15) is 32.1 Å². The second-order valence-corrected chi connectivity index (χ2v) is 4.41. The molecule has 2 unspecified atom stereocenters. The highest BCUT2D eigenvalue weighted by Crippen LogP contribution is 2.26. The van der Waals surface area contributed by atoms with Crippen molar-refractivity contribution in [2.75, 3.05) is 0 Å². The van der Waals surface area contributed by atoms with Crippen LogP contribution in [-0.2, 0) is 0 Å². The Hall–Kier alpha value is -1.16. The van der Waals surface area contributed by atoms with Crippen molar-refractivity contribution < 1.29 is 18.6 Å². The minimum atomic E-state index is -0.982. The van der Waals surface area contributed by atoms with E-state index in [-0.39, 0.29) is 5.75 Å². The molecule has 1 aromatic carbocycles. The standard InChI is InChI=1S/C13H16F2O2/c14-9-5-4-8-12(13(9)15)17-11-7-3-1-2-6-10(11)16/h4-5,8,10-11,16H,1-3,6-7H2. The molecular weight excluding hydrogens is 226 g/mol. The van der Waals surface area contributed by atoms with Gasteiger partial charge in [0.25, 0.3) is 0 Å². The van der Waals surface area contributed by atoms with Gasteiger partial charge in [-0.25, -0.2) is 4.39 Å². The topological polar surface area (TPSA) is 29.5 Å². The monoisotopic (exact) mass is 242 g/mol. The molecule has 0 bridgehead atoms. The van der Waals surface area contributed by atoms with Gasteiger partial charge in [-0.15, -0.1) is 0 Å². The molecule has 0 saturated heterocycles. The molecule has 4 heteroatoms. The quantitative estimate of drug-likeness (QED) is 0.808. The maximum Gasteiger partial charge on any atom is 0.200 e. The zero-order valence-corrected chi connectivity index (χ0v) is 9.53. The van der Waals surface area contributed by atoms with Crippen molar-refractivity contribution in [1.82, 2.24) is 0 Å². The number of hydrogen-bond acceptors (Lipinski definition) is 2. The molecule has 2 rings (SSSR count). The maximum atomic E-state index is 13.4. The van der Waals surface area contributed by atoms with E-state index in [0.717, 1.165) is 25.3 Å². The summed E-state index contributed by atoms with van der Waals surface area (Å²) in [5.41, 5.74) is 0. The summed E-state index contributed by atoms with van der Waals surface area (Å²) in [5, 5.41) is 9.83. The van der Waals surface area contributed by atoms with Crippen molar-refractivity contribution in [3.8, 4) is 5.75 Å². The first-order chi connectivity index (χ1) is 8.18. The molecule has 1 saturated carbocycles. The molecule has 2 atom stereocenters. The summed E-state index contributed by atoms with van der Waals surface area (Å²) < 4.78 is 31.8. The summed E-state index contributed by atoms with van der Waals surface area (Å²) >= 11 is 0. The van der Waals surface area contributed by atoms with Gasteiger partial charge in [-0.05, 0) is 31.4 Å². The van der Waals surface area contributed by atoms with Crippen molar-refractivity contribution in [2.45, 2.75) is 44.3 Å². The van der Waals surface area contributed by atoms with E-state index in [2.05, 4.69) is 0 Å². The van der Waals surface area contributed by atoms with Gasteiger partial charge in [0.15, 0.2) is 11.6 Å². The van der Waals surface area contributed by atoms with Gasteiger partial charge in [0.1, 0.15) is 6.10 Å². The SMILES string of the molecule is OC1CCCCCC1Oc1cccc(F)c1F. The number of aliphatic hydroxyl groups excluding tert-OH is 1. The van der Waals surface area contributed by atoms with E-state index in [4.69, 9.17) is 4.74 Å². The number of ether oxygens (including phenoxy) is 1. The fourth-order valence-corrected chi connectivity index (χ4v) is 2.13. The number of hydrogen-bond donors (Lipinski definition) is 1. The Morgan fingerprint density at radius 2 is 1.88 bits per heavy atom. The summed E-state index contributed by atoms with van der Waals surface area (Å²) in [6, 6.07) is 3.83. The van der Waals surface area contributed by atoms with E-state index in [0.29, 0.717) is 12.8 Å². The summed E-state index contributed by atoms with van der Waals surface area (Å²) in [6.45, 7) is 0. The summed E-state index contributed by atoms with van der Waals surface area (Å²) in [7, 11) is 0. The molecule has 0 amide bonds. The predicted octanol–water partition coefficient (Wildman–Crippen LogP) is 3.04. The Bertz CT molecular complexity index is 382. The molecule has 0 spiro atoms.